The van der Waals surface area contributed by atoms with E-state index in [0.29, 0.717) is 12.0 Å². The molecule has 1 N–H and O–H groups in total. The number of hydrogen-bond acceptors (Lipinski definition) is 3. The zero-order valence-electron chi connectivity index (χ0n) is 14.3. The van der Waals surface area contributed by atoms with Crippen molar-refractivity contribution in [3.63, 3.8) is 0 Å². The van der Waals surface area contributed by atoms with Gasteiger partial charge in [0.15, 0.2) is 5.78 Å². The second-order valence-electron chi connectivity index (χ2n) is 6.30. The number of carbonyl (C=O) groups is 1. The molecule has 0 saturated carbocycles. The summed E-state index contributed by atoms with van der Waals surface area (Å²) in [7, 11) is 0. The van der Waals surface area contributed by atoms with Crippen molar-refractivity contribution in [1.82, 2.24) is 4.98 Å². The fraction of sp³-hybridized carbons (Fsp3) is 0.182. The monoisotopic (exact) mass is 349 g/mol. The van der Waals surface area contributed by atoms with Gasteiger partial charge in [0.25, 0.3) is 0 Å². The maximum absolute atomic E-state index is 13.3. The van der Waals surface area contributed by atoms with Crippen molar-refractivity contribution >= 4 is 5.78 Å². The predicted molar refractivity (Wildman–Crippen MR) is 98.6 cm³/mol. The van der Waals surface area contributed by atoms with Crippen molar-refractivity contribution < 1.29 is 14.3 Å². The molecule has 2 aromatic carbocycles. The Bertz CT molecular complexity index is 863. The van der Waals surface area contributed by atoms with Crippen LogP contribution in [0, 0.1) is 5.82 Å². The zero-order valence-corrected chi connectivity index (χ0v) is 14.3. The highest BCUT2D eigenvalue weighted by atomic mass is 19.1. The van der Waals surface area contributed by atoms with Crippen LogP contribution in [0.15, 0.2) is 73.1 Å². The molecule has 1 unspecified atom stereocenters. The molecule has 0 spiro atoms. The summed E-state index contributed by atoms with van der Waals surface area (Å²) in [5, 5.41) is 9.07. The highest BCUT2D eigenvalue weighted by Gasteiger charge is 2.15. The normalized spacial score (nSPS) is 11.9. The molecule has 0 radical (unpaired) electrons. The van der Waals surface area contributed by atoms with E-state index in [1.807, 2.05) is 36.5 Å². The topological polar surface area (TPSA) is 50.2 Å². The summed E-state index contributed by atoms with van der Waals surface area (Å²) >= 11 is 0. The number of nitrogens with zero attached hydrogens (tertiary/aromatic N) is 1. The summed E-state index contributed by atoms with van der Waals surface area (Å²) in [6.45, 7) is -0.499. The zero-order chi connectivity index (χ0) is 18.4. The lowest BCUT2D eigenvalue weighted by atomic mass is 9.86. The summed E-state index contributed by atoms with van der Waals surface area (Å²) in [6, 6.07) is 17.8. The van der Waals surface area contributed by atoms with Gasteiger partial charge in [-0.2, -0.15) is 0 Å². The van der Waals surface area contributed by atoms with Gasteiger partial charge in [-0.05, 0) is 59.7 Å². The largest absolute Gasteiger partial charge is 0.388 e. The van der Waals surface area contributed by atoms with Crippen molar-refractivity contribution in [2.45, 2.75) is 18.8 Å². The van der Waals surface area contributed by atoms with E-state index in [1.54, 1.807) is 24.4 Å². The van der Waals surface area contributed by atoms with E-state index in [-0.39, 0.29) is 17.5 Å². The van der Waals surface area contributed by atoms with Crippen molar-refractivity contribution in [3.8, 4) is 0 Å². The lowest BCUT2D eigenvalue weighted by Crippen LogP contribution is -2.09. The maximum Gasteiger partial charge on any atom is 0.188 e. The smallest absolute Gasteiger partial charge is 0.188 e. The van der Waals surface area contributed by atoms with Crippen LogP contribution in [0.2, 0.25) is 0 Å². The number of carbonyl (C=O) groups excluding carboxylic acids is 1. The van der Waals surface area contributed by atoms with Crippen molar-refractivity contribution in [2.24, 2.45) is 0 Å². The number of benzene rings is 2. The first-order valence-electron chi connectivity index (χ1n) is 8.53. The molecule has 1 heterocycles. The van der Waals surface area contributed by atoms with Crippen LogP contribution in [-0.4, -0.2) is 22.5 Å². The molecule has 0 aliphatic heterocycles. The molecule has 0 aliphatic carbocycles. The molecule has 0 fully saturated rings. The molecule has 26 heavy (non-hydrogen) atoms. The minimum Gasteiger partial charge on any atom is -0.388 e. The third-order valence-electron chi connectivity index (χ3n) is 4.42. The third kappa shape index (κ3) is 4.61. The number of aromatic nitrogens is 1. The Morgan fingerprint density at radius 3 is 2.42 bits per heavy atom. The summed E-state index contributed by atoms with van der Waals surface area (Å²) in [5.41, 5.74) is 3.64. The van der Waals surface area contributed by atoms with Crippen LogP contribution in [-0.2, 0) is 12.8 Å². The van der Waals surface area contributed by atoms with Crippen LogP contribution in [0.5, 0.6) is 0 Å². The Balaban J connectivity index is 1.88. The minimum absolute atomic E-state index is 0.124. The van der Waals surface area contributed by atoms with E-state index in [2.05, 4.69) is 4.98 Å². The SMILES string of the molecule is O=C(CO)c1cccc(CC(Cc2cccnc2)c2ccc(F)cc2)c1. The summed E-state index contributed by atoms with van der Waals surface area (Å²) in [5.74, 6) is -0.430. The first-order valence-corrected chi connectivity index (χ1v) is 8.53. The van der Waals surface area contributed by atoms with Gasteiger partial charge >= 0.3 is 0 Å². The van der Waals surface area contributed by atoms with Gasteiger partial charge in [0.05, 0.1) is 0 Å². The van der Waals surface area contributed by atoms with E-state index in [4.69, 9.17) is 5.11 Å². The number of halogens is 1. The molecule has 0 aliphatic rings. The standard InChI is InChI=1S/C22H20FNO2/c23-21-8-6-18(7-9-21)20(13-17-4-2-10-24-14-17)12-16-3-1-5-19(11-16)22(26)15-25/h1-11,14,20,25H,12-13,15H2. The fourth-order valence-corrected chi connectivity index (χ4v) is 3.09. The number of ketones is 1. The first-order chi connectivity index (χ1) is 12.7. The lowest BCUT2D eigenvalue weighted by molar-refractivity contribution is 0.0903. The number of aliphatic hydroxyl groups is 1. The van der Waals surface area contributed by atoms with Crippen LogP contribution in [0.3, 0.4) is 0 Å². The van der Waals surface area contributed by atoms with Gasteiger partial charge in [-0.1, -0.05) is 36.4 Å². The van der Waals surface area contributed by atoms with Gasteiger partial charge in [-0.15, -0.1) is 0 Å². The number of aliphatic hydroxyl groups excluding tert-OH is 1. The lowest BCUT2D eigenvalue weighted by Gasteiger charge is -2.18. The van der Waals surface area contributed by atoms with E-state index < -0.39 is 6.61 Å². The highest BCUT2D eigenvalue weighted by Crippen LogP contribution is 2.26. The molecular formula is C22H20FNO2. The Labute approximate surface area is 152 Å². The van der Waals surface area contributed by atoms with Gasteiger partial charge in [-0.25, -0.2) is 4.39 Å². The second-order valence-corrected chi connectivity index (χ2v) is 6.30. The van der Waals surface area contributed by atoms with Crippen molar-refractivity contribution in [2.75, 3.05) is 6.61 Å². The van der Waals surface area contributed by atoms with E-state index in [9.17, 15) is 9.18 Å². The molecule has 0 bridgehead atoms. The van der Waals surface area contributed by atoms with Crippen LogP contribution < -0.4 is 0 Å². The number of rotatable bonds is 7. The number of pyridine rings is 1. The van der Waals surface area contributed by atoms with E-state index >= 15 is 0 Å². The second kappa shape index (κ2) is 8.50. The first kappa shape index (κ1) is 18.0. The average molecular weight is 349 g/mol. The molecule has 1 aromatic heterocycles. The molecule has 1 atom stereocenters. The number of hydrogen-bond donors (Lipinski definition) is 1. The molecular weight excluding hydrogens is 329 g/mol. The van der Waals surface area contributed by atoms with Gasteiger partial charge in [-0.3, -0.25) is 9.78 Å². The highest BCUT2D eigenvalue weighted by molar-refractivity contribution is 5.97. The van der Waals surface area contributed by atoms with Crippen LogP contribution in [0.25, 0.3) is 0 Å². The molecule has 3 rings (SSSR count). The van der Waals surface area contributed by atoms with Gasteiger partial charge in [0, 0.05) is 18.0 Å². The molecule has 132 valence electrons. The Hall–Kier alpha value is -2.85. The van der Waals surface area contributed by atoms with E-state index in [1.165, 1.54) is 12.1 Å². The minimum atomic E-state index is -0.499. The molecule has 3 aromatic rings. The summed E-state index contributed by atoms with van der Waals surface area (Å²) in [6.07, 6.45) is 5.04. The number of Topliss-reactive ketones (excluding diaryl/α,β-unsaturated/α-hetero) is 1. The molecule has 0 amide bonds. The molecule has 4 heteroatoms. The average Bonchev–Trinajstić information content (AvgIpc) is 2.68. The Kier molecular flexibility index (Phi) is 5.87. The quantitative estimate of drug-likeness (QED) is 0.657. The van der Waals surface area contributed by atoms with Gasteiger partial charge in [0.1, 0.15) is 12.4 Å². The van der Waals surface area contributed by atoms with Crippen molar-refractivity contribution in [3.05, 3.63) is 101 Å². The maximum atomic E-state index is 13.3. The van der Waals surface area contributed by atoms with Gasteiger partial charge < -0.3 is 5.11 Å². The molecule has 0 saturated heterocycles. The van der Waals surface area contributed by atoms with Crippen molar-refractivity contribution in [1.29, 1.82) is 0 Å². The van der Waals surface area contributed by atoms with Crippen LogP contribution >= 0.6 is 0 Å². The van der Waals surface area contributed by atoms with Crippen LogP contribution in [0.1, 0.15) is 33.0 Å². The summed E-state index contributed by atoms with van der Waals surface area (Å²) in [4.78, 5) is 15.9. The Morgan fingerprint density at radius 1 is 1.00 bits per heavy atom. The molecule has 3 nitrogen and oxygen atoms in total. The third-order valence-corrected chi connectivity index (χ3v) is 4.42. The Morgan fingerprint density at radius 2 is 1.73 bits per heavy atom. The van der Waals surface area contributed by atoms with E-state index in [0.717, 1.165) is 23.1 Å². The van der Waals surface area contributed by atoms with Crippen LogP contribution in [0.4, 0.5) is 4.39 Å². The summed E-state index contributed by atoms with van der Waals surface area (Å²) < 4.78 is 13.3. The van der Waals surface area contributed by atoms with Gasteiger partial charge in [0.2, 0.25) is 0 Å². The predicted octanol–water partition coefficient (Wildman–Crippen LogP) is 3.96. The fourth-order valence-electron chi connectivity index (χ4n) is 3.09.